The van der Waals surface area contributed by atoms with Gasteiger partial charge in [0.2, 0.25) is 0 Å². The highest BCUT2D eigenvalue weighted by atomic mass is 16.5. The standard InChI is InChI=1S/C14H25N3O2/c1-3-7-17-8-6-16-13(17)11-12(15)14(18-2)4-9-19-10-5-14/h6,8,12H,3-5,7,9-11,15H2,1-2H3. The van der Waals surface area contributed by atoms with Crippen molar-refractivity contribution in [2.24, 2.45) is 5.73 Å². The molecule has 1 aliphatic heterocycles. The number of ether oxygens (including phenoxy) is 2. The van der Waals surface area contributed by atoms with Crippen molar-refractivity contribution < 1.29 is 9.47 Å². The van der Waals surface area contributed by atoms with E-state index in [-0.39, 0.29) is 11.6 Å². The number of methoxy groups -OCH3 is 1. The Bertz CT molecular complexity index is 386. The Morgan fingerprint density at radius 1 is 1.53 bits per heavy atom. The lowest BCUT2D eigenvalue weighted by molar-refractivity contribution is -0.104. The molecule has 1 unspecified atom stereocenters. The fourth-order valence-corrected chi connectivity index (χ4v) is 2.80. The maximum absolute atomic E-state index is 6.42. The van der Waals surface area contributed by atoms with Crippen molar-refractivity contribution in [1.29, 1.82) is 0 Å². The van der Waals surface area contributed by atoms with E-state index in [2.05, 4.69) is 16.5 Å². The molecule has 1 atom stereocenters. The number of aryl methyl sites for hydroxylation is 1. The zero-order valence-corrected chi connectivity index (χ0v) is 12.0. The van der Waals surface area contributed by atoms with Gasteiger partial charge < -0.3 is 19.8 Å². The molecule has 2 rings (SSSR count). The van der Waals surface area contributed by atoms with E-state index in [4.69, 9.17) is 15.2 Å². The van der Waals surface area contributed by atoms with Crippen molar-refractivity contribution in [2.75, 3.05) is 20.3 Å². The normalized spacial score (nSPS) is 20.4. The van der Waals surface area contributed by atoms with E-state index in [1.165, 1.54) is 0 Å². The zero-order valence-electron chi connectivity index (χ0n) is 12.0. The summed E-state index contributed by atoms with van der Waals surface area (Å²) < 4.78 is 13.3. The van der Waals surface area contributed by atoms with Crippen LogP contribution >= 0.6 is 0 Å². The molecular formula is C14H25N3O2. The first-order valence-electron chi connectivity index (χ1n) is 7.10. The van der Waals surface area contributed by atoms with Crippen molar-refractivity contribution in [3.63, 3.8) is 0 Å². The lowest BCUT2D eigenvalue weighted by Gasteiger charge is -2.40. The second-order valence-corrected chi connectivity index (χ2v) is 5.23. The molecular weight excluding hydrogens is 242 g/mol. The van der Waals surface area contributed by atoms with E-state index in [0.29, 0.717) is 0 Å². The van der Waals surface area contributed by atoms with Crippen LogP contribution in [0.2, 0.25) is 0 Å². The molecule has 1 aromatic heterocycles. The van der Waals surface area contributed by atoms with Crippen molar-refractivity contribution in [2.45, 2.75) is 50.8 Å². The van der Waals surface area contributed by atoms with Gasteiger partial charge in [0, 0.05) is 64.6 Å². The number of hydrogen-bond acceptors (Lipinski definition) is 4. The van der Waals surface area contributed by atoms with Gasteiger partial charge in [-0.15, -0.1) is 0 Å². The van der Waals surface area contributed by atoms with Crippen LogP contribution in [0.3, 0.4) is 0 Å². The summed E-state index contributed by atoms with van der Waals surface area (Å²) in [6.45, 7) is 4.61. The molecule has 1 aliphatic rings. The zero-order chi connectivity index (χ0) is 13.7. The first-order valence-corrected chi connectivity index (χ1v) is 7.10. The van der Waals surface area contributed by atoms with Gasteiger partial charge in [-0.3, -0.25) is 0 Å². The maximum Gasteiger partial charge on any atom is 0.110 e. The van der Waals surface area contributed by atoms with Gasteiger partial charge in [0.25, 0.3) is 0 Å². The molecule has 1 aromatic rings. The lowest BCUT2D eigenvalue weighted by atomic mass is 9.84. The molecule has 2 heterocycles. The van der Waals surface area contributed by atoms with Crippen molar-refractivity contribution >= 4 is 0 Å². The summed E-state index contributed by atoms with van der Waals surface area (Å²) in [5.74, 6) is 1.05. The summed E-state index contributed by atoms with van der Waals surface area (Å²) >= 11 is 0. The van der Waals surface area contributed by atoms with Gasteiger partial charge in [0.1, 0.15) is 5.82 Å². The van der Waals surface area contributed by atoms with Crippen molar-refractivity contribution in [3.8, 4) is 0 Å². The van der Waals surface area contributed by atoms with Crippen molar-refractivity contribution in [1.82, 2.24) is 9.55 Å². The summed E-state index contributed by atoms with van der Waals surface area (Å²) in [7, 11) is 1.75. The van der Waals surface area contributed by atoms with Crippen LogP contribution in [0.5, 0.6) is 0 Å². The van der Waals surface area contributed by atoms with E-state index in [9.17, 15) is 0 Å². The number of imidazole rings is 1. The molecule has 0 aromatic carbocycles. The molecule has 0 amide bonds. The van der Waals surface area contributed by atoms with Crippen LogP contribution < -0.4 is 5.73 Å². The van der Waals surface area contributed by atoms with Crippen LogP contribution in [0.15, 0.2) is 12.4 Å². The first kappa shape index (κ1) is 14.5. The SMILES string of the molecule is CCCn1ccnc1CC(N)C1(OC)CCOCC1. The van der Waals surface area contributed by atoms with Crippen LogP contribution in [0.25, 0.3) is 0 Å². The van der Waals surface area contributed by atoms with E-state index in [0.717, 1.165) is 51.3 Å². The average molecular weight is 267 g/mol. The third-order valence-electron chi connectivity index (χ3n) is 4.09. The topological polar surface area (TPSA) is 62.3 Å². The molecule has 0 aliphatic carbocycles. The molecule has 1 fully saturated rings. The monoisotopic (exact) mass is 267 g/mol. The Morgan fingerprint density at radius 2 is 2.26 bits per heavy atom. The fourth-order valence-electron chi connectivity index (χ4n) is 2.80. The highest BCUT2D eigenvalue weighted by Crippen LogP contribution is 2.28. The predicted molar refractivity (Wildman–Crippen MR) is 74.0 cm³/mol. The summed E-state index contributed by atoms with van der Waals surface area (Å²) in [4.78, 5) is 4.43. The van der Waals surface area contributed by atoms with Gasteiger partial charge in [-0.05, 0) is 6.42 Å². The van der Waals surface area contributed by atoms with E-state index < -0.39 is 0 Å². The third-order valence-corrected chi connectivity index (χ3v) is 4.09. The molecule has 0 spiro atoms. The Kier molecular flexibility index (Phi) is 4.96. The molecule has 0 saturated carbocycles. The molecule has 0 radical (unpaired) electrons. The molecule has 5 heteroatoms. The Hall–Kier alpha value is -0.910. The summed E-state index contributed by atoms with van der Waals surface area (Å²) in [5.41, 5.74) is 6.15. The molecule has 2 N–H and O–H groups in total. The second-order valence-electron chi connectivity index (χ2n) is 5.23. The third kappa shape index (κ3) is 3.16. The highest BCUT2D eigenvalue weighted by molar-refractivity contribution is 5.02. The lowest BCUT2D eigenvalue weighted by Crippen LogP contribution is -2.54. The average Bonchev–Trinajstić information content (AvgIpc) is 2.87. The van der Waals surface area contributed by atoms with E-state index in [1.807, 2.05) is 12.4 Å². The van der Waals surface area contributed by atoms with Gasteiger partial charge in [-0.1, -0.05) is 6.92 Å². The van der Waals surface area contributed by atoms with Gasteiger partial charge in [-0.25, -0.2) is 4.98 Å². The van der Waals surface area contributed by atoms with Gasteiger partial charge in [0.05, 0.1) is 5.60 Å². The molecule has 19 heavy (non-hydrogen) atoms. The Morgan fingerprint density at radius 3 is 2.89 bits per heavy atom. The minimum atomic E-state index is -0.263. The second kappa shape index (κ2) is 6.50. The summed E-state index contributed by atoms with van der Waals surface area (Å²) in [5, 5.41) is 0. The predicted octanol–water partition coefficient (Wildman–Crippen LogP) is 1.36. The minimum absolute atomic E-state index is 0.0422. The van der Waals surface area contributed by atoms with Crippen LogP contribution in [0.1, 0.15) is 32.0 Å². The van der Waals surface area contributed by atoms with Crippen LogP contribution in [-0.4, -0.2) is 41.5 Å². The quantitative estimate of drug-likeness (QED) is 0.845. The Balaban J connectivity index is 2.06. The van der Waals surface area contributed by atoms with Crippen LogP contribution in [0.4, 0.5) is 0 Å². The van der Waals surface area contributed by atoms with Crippen LogP contribution in [-0.2, 0) is 22.4 Å². The van der Waals surface area contributed by atoms with E-state index >= 15 is 0 Å². The summed E-state index contributed by atoms with van der Waals surface area (Å²) in [6.07, 6.45) is 7.44. The number of rotatable bonds is 6. The number of aromatic nitrogens is 2. The molecule has 1 saturated heterocycles. The highest BCUT2D eigenvalue weighted by Gasteiger charge is 2.39. The minimum Gasteiger partial charge on any atom is -0.381 e. The number of nitrogens with two attached hydrogens (primary N) is 1. The summed E-state index contributed by atoms with van der Waals surface area (Å²) in [6, 6.07) is -0.0422. The van der Waals surface area contributed by atoms with Gasteiger partial charge >= 0.3 is 0 Å². The fraction of sp³-hybridized carbons (Fsp3) is 0.786. The smallest absolute Gasteiger partial charge is 0.110 e. The van der Waals surface area contributed by atoms with Gasteiger partial charge in [-0.2, -0.15) is 0 Å². The Labute approximate surface area is 115 Å². The number of nitrogens with zero attached hydrogens (tertiary/aromatic N) is 2. The molecule has 5 nitrogen and oxygen atoms in total. The first-order chi connectivity index (χ1) is 9.22. The van der Waals surface area contributed by atoms with Crippen molar-refractivity contribution in [3.05, 3.63) is 18.2 Å². The maximum atomic E-state index is 6.42. The molecule has 108 valence electrons. The molecule has 0 bridgehead atoms. The largest absolute Gasteiger partial charge is 0.381 e. The van der Waals surface area contributed by atoms with Gasteiger partial charge in [0.15, 0.2) is 0 Å². The number of hydrogen-bond donors (Lipinski definition) is 1. The van der Waals surface area contributed by atoms with E-state index in [1.54, 1.807) is 7.11 Å². The van der Waals surface area contributed by atoms with Crippen LogP contribution in [0, 0.1) is 0 Å².